The van der Waals surface area contributed by atoms with E-state index in [0.717, 1.165) is 18.4 Å². The molecule has 1 fully saturated rings. The summed E-state index contributed by atoms with van der Waals surface area (Å²) in [4.78, 5) is 0.377. The molecule has 1 aliphatic rings. The molecular weight excluding hydrogens is 316 g/mol. The molecule has 0 bridgehead atoms. The molecule has 0 aromatic heterocycles. The van der Waals surface area contributed by atoms with Gasteiger partial charge in [-0.15, -0.1) is 0 Å². The van der Waals surface area contributed by atoms with Gasteiger partial charge in [0.25, 0.3) is 0 Å². The van der Waals surface area contributed by atoms with Crippen LogP contribution in [0.3, 0.4) is 0 Å². The van der Waals surface area contributed by atoms with Gasteiger partial charge in [-0.2, -0.15) is 11.8 Å². The lowest BCUT2D eigenvalue weighted by molar-refractivity contribution is 0.475. The minimum atomic E-state index is -3.50. The Hall–Kier alpha value is -0.560. The first-order valence-electron chi connectivity index (χ1n) is 7.71. The van der Waals surface area contributed by atoms with Crippen molar-refractivity contribution in [1.82, 2.24) is 10.0 Å². The highest BCUT2D eigenvalue weighted by atomic mass is 32.2. The van der Waals surface area contributed by atoms with Gasteiger partial charge in [0.1, 0.15) is 0 Å². The quantitative estimate of drug-likeness (QED) is 0.864. The minimum absolute atomic E-state index is 0.377. The highest BCUT2D eigenvalue weighted by Crippen LogP contribution is 2.20. The van der Waals surface area contributed by atoms with Crippen molar-refractivity contribution >= 4 is 21.8 Å². The highest BCUT2D eigenvalue weighted by Gasteiger charge is 2.24. The fourth-order valence-electron chi connectivity index (χ4n) is 2.53. The highest BCUT2D eigenvalue weighted by molar-refractivity contribution is 7.99. The van der Waals surface area contributed by atoms with E-state index in [9.17, 15) is 8.42 Å². The van der Waals surface area contributed by atoms with E-state index in [4.69, 9.17) is 0 Å². The Morgan fingerprint density at radius 1 is 1.18 bits per heavy atom. The van der Waals surface area contributed by atoms with E-state index in [-0.39, 0.29) is 0 Å². The summed E-state index contributed by atoms with van der Waals surface area (Å²) in [5.74, 6) is 2.37. The summed E-state index contributed by atoms with van der Waals surface area (Å²) in [6.07, 6.45) is 2.31. The van der Waals surface area contributed by atoms with Crippen LogP contribution in [0, 0.1) is 0 Å². The molecule has 0 atom stereocenters. The molecule has 1 aromatic carbocycles. The second kappa shape index (κ2) is 7.34. The maximum absolute atomic E-state index is 12.6. The molecule has 22 heavy (non-hydrogen) atoms. The van der Waals surface area contributed by atoms with Gasteiger partial charge in [0.2, 0.25) is 10.0 Å². The van der Waals surface area contributed by atoms with Gasteiger partial charge in [-0.25, -0.2) is 13.1 Å². The topological polar surface area (TPSA) is 58.2 Å². The summed E-state index contributed by atoms with van der Waals surface area (Å²) < 4.78 is 27.9. The van der Waals surface area contributed by atoms with Crippen LogP contribution in [0.1, 0.15) is 39.2 Å². The number of thioether (sulfide) groups is 1. The van der Waals surface area contributed by atoms with Crippen LogP contribution in [-0.4, -0.2) is 31.5 Å². The number of nitrogens with one attached hydrogen (secondary N) is 2. The van der Waals surface area contributed by atoms with Gasteiger partial charge in [0.15, 0.2) is 0 Å². The van der Waals surface area contributed by atoms with Gasteiger partial charge < -0.3 is 5.32 Å². The number of benzene rings is 1. The minimum Gasteiger partial charge on any atom is -0.310 e. The zero-order valence-electron chi connectivity index (χ0n) is 13.6. The normalized spacial score (nSPS) is 17.6. The average Bonchev–Trinajstić information content (AvgIpc) is 2.44. The van der Waals surface area contributed by atoms with Gasteiger partial charge in [0.05, 0.1) is 4.90 Å². The van der Waals surface area contributed by atoms with E-state index in [0.29, 0.717) is 17.5 Å². The van der Waals surface area contributed by atoms with Crippen LogP contribution < -0.4 is 10.0 Å². The van der Waals surface area contributed by atoms with Crippen LogP contribution >= 0.6 is 11.8 Å². The molecule has 1 saturated heterocycles. The second-order valence-electron chi connectivity index (χ2n) is 6.73. The van der Waals surface area contributed by atoms with Crippen molar-refractivity contribution in [3.05, 3.63) is 29.8 Å². The lowest BCUT2D eigenvalue weighted by Crippen LogP contribution is -2.41. The molecule has 4 nitrogen and oxygen atoms in total. The van der Waals surface area contributed by atoms with E-state index < -0.39 is 15.6 Å². The number of sulfonamides is 1. The third-order valence-corrected chi connectivity index (χ3v) is 6.41. The summed E-state index contributed by atoms with van der Waals surface area (Å²) in [6.45, 7) is 6.15. The molecule has 0 radical (unpaired) electrons. The van der Waals surface area contributed by atoms with E-state index in [1.54, 1.807) is 12.1 Å². The van der Waals surface area contributed by atoms with Crippen molar-refractivity contribution in [2.24, 2.45) is 0 Å². The lowest BCUT2D eigenvalue weighted by atomic mass is 10.1. The molecule has 2 rings (SSSR count). The Labute approximate surface area is 138 Å². The first kappa shape index (κ1) is 17.8. The summed E-state index contributed by atoms with van der Waals surface area (Å²) in [5.41, 5.74) is 0.345. The number of hydrogen-bond donors (Lipinski definition) is 2. The molecule has 0 aliphatic carbocycles. The molecule has 6 heteroatoms. The van der Waals surface area contributed by atoms with Crippen LogP contribution in [0.25, 0.3) is 0 Å². The molecule has 0 spiro atoms. The third-order valence-electron chi connectivity index (χ3n) is 3.51. The molecule has 0 saturated carbocycles. The predicted octanol–water partition coefficient (Wildman–Crippen LogP) is 2.75. The van der Waals surface area contributed by atoms with E-state index in [1.165, 1.54) is 11.5 Å². The van der Waals surface area contributed by atoms with Crippen molar-refractivity contribution in [3.8, 4) is 0 Å². The van der Waals surface area contributed by atoms with Crippen LogP contribution in [0.15, 0.2) is 29.2 Å². The van der Waals surface area contributed by atoms with Crippen molar-refractivity contribution in [2.75, 3.05) is 11.5 Å². The standard InChI is InChI=1S/C16H26N2O2S2/c1-16(2,3)18-22(19,20)15-7-5-4-6-13(15)12-17-14-8-10-21-11-9-14/h4-7,14,17-18H,8-12H2,1-3H3. The van der Waals surface area contributed by atoms with Crippen molar-refractivity contribution < 1.29 is 8.42 Å². The van der Waals surface area contributed by atoms with Crippen molar-refractivity contribution in [3.63, 3.8) is 0 Å². The summed E-state index contributed by atoms with van der Waals surface area (Å²) in [5, 5.41) is 3.51. The van der Waals surface area contributed by atoms with Crippen molar-refractivity contribution in [2.45, 2.75) is 56.6 Å². The van der Waals surface area contributed by atoms with E-state index in [1.807, 2.05) is 44.7 Å². The molecule has 2 N–H and O–H groups in total. The Morgan fingerprint density at radius 3 is 2.45 bits per heavy atom. The van der Waals surface area contributed by atoms with Gasteiger partial charge in [-0.3, -0.25) is 0 Å². The Balaban J connectivity index is 2.12. The Morgan fingerprint density at radius 2 is 1.82 bits per heavy atom. The summed E-state index contributed by atoms with van der Waals surface area (Å²) >= 11 is 1.99. The maximum atomic E-state index is 12.6. The molecule has 0 amide bonds. The third kappa shape index (κ3) is 5.26. The fourth-order valence-corrected chi connectivity index (χ4v) is 5.29. The van der Waals surface area contributed by atoms with E-state index >= 15 is 0 Å². The van der Waals surface area contributed by atoms with Gasteiger partial charge in [-0.1, -0.05) is 18.2 Å². The Kier molecular flexibility index (Phi) is 5.94. The lowest BCUT2D eigenvalue weighted by Gasteiger charge is -2.24. The zero-order valence-corrected chi connectivity index (χ0v) is 15.2. The molecular formula is C16H26N2O2S2. The molecule has 1 aromatic rings. The van der Waals surface area contributed by atoms with Gasteiger partial charge >= 0.3 is 0 Å². The fraction of sp³-hybridized carbons (Fsp3) is 0.625. The average molecular weight is 343 g/mol. The maximum Gasteiger partial charge on any atom is 0.241 e. The van der Waals surface area contributed by atoms with Crippen LogP contribution in [0.4, 0.5) is 0 Å². The van der Waals surface area contributed by atoms with Gasteiger partial charge in [0, 0.05) is 18.1 Å². The molecule has 1 aliphatic heterocycles. The summed E-state index contributed by atoms with van der Waals surface area (Å²) in [6, 6.07) is 7.73. The van der Waals surface area contributed by atoms with Crippen LogP contribution in [0.2, 0.25) is 0 Å². The Bertz CT molecular complexity index is 588. The largest absolute Gasteiger partial charge is 0.310 e. The SMILES string of the molecule is CC(C)(C)NS(=O)(=O)c1ccccc1CNC1CCSCC1. The second-order valence-corrected chi connectivity index (χ2v) is 9.61. The number of hydrogen-bond acceptors (Lipinski definition) is 4. The van der Waals surface area contributed by atoms with Crippen LogP contribution in [-0.2, 0) is 16.6 Å². The zero-order chi connectivity index (χ0) is 16.2. The molecule has 124 valence electrons. The summed E-state index contributed by atoms with van der Waals surface area (Å²) in [7, 11) is -3.50. The number of rotatable bonds is 5. The van der Waals surface area contributed by atoms with E-state index in [2.05, 4.69) is 10.0 Å². The smallest absolute Gasteiger partial charge is 0.241 e. The molecule has 0 unspecified atom stereocenters. The first-order chi connectivity index (χ1) is 10.3. The monoisotopic (exact) mass is 342 g/mol. The first-order valence-corrected chi connectivity index (χ1v) is 10.3. The predicted molar refractivity (Wildman–Crippen MR) is 93.7 cm³/mol. The van der Waals surface area contributed by atoms with Crippen molar-refractivity contribution in [1.29, 1.82) is 0 Å². The van der Waals surface area contributed by atoms with Gasteiger partial charge in [-0.05, 0) is 56.7 Å². The van der Waals surface area contributed by atoms with Crippen LogP contribution in [0.5, 0.6) is 0 Å². The molecule has 1 heterocycles.